The molecule has 0 spiro atoms. The third kappa shape index (κ3) is 2.71. The Hall–Kier alpha value is -2.29. The molecule has 1 aromatic heterocycles. The minimum atomic E-state index is -0.159. The lowest BCUT2D eigenvalue weighted by atomic mass is 10.2. The monoisotopic (exact) mass is 327 g/mol. The maximum Gasteiger partial charge on any atom is 0.266 e. The molecular formula is C16H10ClN3OS. The summed E-state index contributed by atoms with van der Waals surface area (Å²) in [5.74, 6) is 0.221. The van der Waals surface area contributed by atoms with E-state index in [1.807, 2.05) is 6.07 Å². The van der Waals surface area contributed by atoms with Crippen molar-refractivity contribution < 1.29 is 0 Å². The molecule has 0 aliphatic heterocycles. The molecule has 0 unspecified atom stereocenters. The first-order chi connectivity index (χ1) is 10.7. The Morgan fingerprint density at radius 3 is 2.64 bits per heavy atom. The van der Waals surface area contributed by atoms with Gasteiger partial charge in [0.15, 0.2) is 5.16 Å². The van der Waals surface area contributed by atoms with E-state index in [4.69, 9.17) is 16.9 Å². The molecule has 0 N–H and O–H groups in total. The maximum absolute atomic E-state index is 12.8. The Balaban J connectivity index is 2.30. The van der Waals surface area contributed by atoms with E-state index < -0.39 is 0 Å². The normalized spacial score (nSPS) is 10.5. The Bertz CT molecular complexity index is 929. The molecule has 0 aliphatic rings. The van der Waals surface area contributed by atoms with Crippen LogP contribution in [0.4, 0.5) is 0 Å². The van der Waals surface area contributed by atoms with Gasteiger partial charge in [-0.2, -0.15) is 5.26 Å². The highest BCUT2D eigenvalue weighted by molar-refractivity contribution is 7.99. The number of nitriles is 1. The second kappa shape index (κ2) is 6.22. The molecule has 0 saturated carbocycles. The van der Waals surface area contributed by atoms with E-state index in [0.29, 0.717) is 26.8 Å². The SMILES string of the molecule is N#CCSc1nc2ccccc2c(=O)n1-c1ccc(Cl)cc1. The lowest BCUT2D eigenvalue weighted by Crippen LogP contribution is -2.21. The number of aromatic nitrogens is 2. The minimum Gasteiger partial charge on any atom is -0.268 e. The van der Waals surface area contributed by atoms with Crippen molar-refractivity contribution in [2.45, 2.75) is 5.16 Å². The lowest BCUT2D eigenvalue weighted by Gasteiger charge is -2.12. The number of thioether (sulfide) groups is 1. The quantitative estimate of drug-likeness (QED) is 0.544. The molecule has 22 heavy (non-hydrogen) atoms. The smallest absolute Gasteiger partial charge is 0.266 e. The molecule has 6 heteroatoms. The van der Waals surface area contributed by atoms with Crippen molar-refractivity contribution in [3.8, 4) is 11.8 Å². The molecule has 3 rings (SSSR count). The number of hydrogen-bond donors (Lipinski definition) is 0. The Morgan fingerprint density at radius 1 is 1.18 bits per heavy atom. The van der Waals surface area contributed by atoms with Crippen LogP contribution in [-0.2, 0) is 0 Å². The van der Waals surface area contributed by atoms with E-state index >= 15 is 0 Å². The van der Waals surface area contributed by atoms with Crippen LogP contribution in [0.25, 0.3) is 16.6 Å². The summed E-state index contributed by atoms with van der Waals surface area (Å²) >= 11 is 7.14. The first-order valence-electron chi connectivity index (χ1n) is 6.48. The third-order valence-electron chi connectivity index (χ3n) is 3.10. The van der Waals surface area contributed by atoms with Gasteiger partial charge < -0.3 is 0 Å². The Kier molecular flexibility index (Phi) is 4.14. The van der Waals surface area contributed by atoms with Gasteiger partial charge in [0, 0.05) is 5.02 Å². The average Bonchev–Trinajstić information content (AvgIpc) is 2.54. The molecule has 4 nitrogen and oxygen atoms in total. The van der Waals surface area contributed by atoms with Gasteiger partial charge in [0.25, 0.3) is 5.56 Å². The minimum absolute atomic E-state index is 0.159. The number of hydrogen-bond acceptors (Lipinski definition) is 4. The first kappa shape index (κ1) is 14.6. The van der Waals surface area contributed by atoms with Gasteiger partial charge in [-0.1, -0.05) is 35.5 Å². The van der Waals surface area contributed by atoms with Gasteiger partial charge in [-0.15, -0.1) is 0 Å². The molecule has 3 aromatic rings. The number of para-hydroxylation sites is 1. The topological polar surface area (TPSA) is 58.7 Å². The Labute approximate surface area is 136 Å². The summed E-state index contributed by atoms with van der Waals surface area (Å²) in [7, 11) is 0. The number of halogens is 1. The molecule has 0 amide bonds. The van der Waals surface area contributed by atoms with Crippen LogP contribution < -0.4 is 5.56 Å². The molecule has 108 valence electrons. The molecule has 0 saturated heterocycles. The van der Waals surface area contributed by atoms with Gasteiger partial charge in [-0.25, -0.2) is 4.98 Å². The average molecular weight is 328 g/mol. The van der Waals surface area contributed by atoms with Crippen LogP contribution >= 0.6 is 23.4 Å². The number of fused-ring (bicyclic) bond motifs is 1. The zero-order valence-electron chi connectivity index (χ0n) is 11.4. The van der Waals surface area contributed by atoms with Gasteiger partial charge in [0.2, 0.25) is 0 Å². The van der Waals surface area contributed by atoms with E-state index in [1.165, 1.54) is 16.3 Å². The van der Waals surface area contributed by atoms with E-state index in [-0.39, 0.29) is 11.3 Å². The number of rotatable bonds is 3. The highest BCUT2D eigenvalue weighted by atomic mass is 35.5. The molecule has 0 radical (unpaired) electrons. The standard InChI is InChI=1S/C16H10ClN3OS/c17-11-5-7-12(8-6-11)20-15(21)13-3-1-2-4-14(13)19-16(20)22-10-9-18/h1-8H,10H2. The summed E-state index contributed by atoms with van der Waals surface area (Å²) in [5, 5.41) is 10.4. The van der Waals surface area contributed by atoms with Crippen LogP contribution in [0.15, 0.2) is 58.5 Å². The van der Waals surface area contributed by atoms with Gasteiger partial charge in [0.1, 0.15) is 0 Å². The summed E-state index contributed by atoms with van der Waals surface area (Å²) in [4.78, 5) is 17.3. The van der Waals surface area contributed by atoms with Crippen LogP contribution in [0.2, 0.25) is 5.02 Å². The highest BCUT2D eigenvalue weighted by Gasteiger charge is 2.12. The summed E-state index contributed by atoms with van der Waals surface area (Å²) in [6, 6.07) is 16.2. The molecule has 0 atom stereocenters. The predicted octanol–water partition coefficient (Wildman–Crippen LogP) is 3.65. The van der Waals surface area contributed by atoms with Crippen LogP contribution in [0.1, 0.15) is 0 Å². The van der Waals surface area contributed by atoms with Crippen molar-refractivity contribution in [1.82, 2.24) is 9.55 Å². The zero-order valence-corrected chi connectivity index (χ0v) is 12.9. The molecule has 0 bridgehead atoms. The lowest BCUT2D eigenvalue weighted by molar-refractivity contribution is 0.821. The third-order valence-corrected chi connectivity index (χ3v) is 4.15. The van der Waals surface area contributed by atoms with E-state index in [9.17, 15) is 4.79 Å². The van der Waals surface area contributed by atoms with Gasteiger partial charge in [-0.3, -0.25) is 9.36 Å². The summed E-state index contributed by atoms with van der Waals surface area (Å²) < 4.78 is 1.51. The van der Waals surface area contributed by atoms with Crippen molar-refractivity contribution in [3.63, 3.8) is 0 Å². The molecular weight excluding hydrogens is 318 g/mol. The van der Waals surface area contributed by atoms with E-state index in [0.717, 1.165) is 0 Å². The fraction of sp³-hybridized carbons (Fsp3) is 0.0625. The highest BCUT2D eigenvalue weighted by Crippen LogP contribution is 2.21. The molecule has 1 heterocycles. The molecule has 0 fully saturated rings. The van der Waals surface area contributed by atoms with Crippen LogP contribution in [0.5, 0.6) is 0 Å². The van der Waals surface area contributed by atoms with Crippen molar-refractivity contribution >= 4 is 34.3 Å². The van der Waals surface area contributed by atoms with E-state index in [1.54, 1.807) is 42.5 Å². The predicted molar refractivity (Wildman–Crippen MR) is 88.7 cm³/mol. The second-order valence-electron chi connectivity index (χ2n) is 4.48. The first-order valence-corrected chi connectivity index (χ1v) is 7.84. The fourth-order valence-electron chi connectivity index (χ4n) is 2.12. The second-order valence-corrected chi connectivity index (χ2v) is 5.85. The summed E-state index contributed by atoms with van der Waals surface area (Å²) in [6.07, 6.45) is 0. The Morgan fingerprint density at radius 2 is 1.91 bits per heavy atom. The van der Waals surface area contributed by atoms with Crippen molar-refractivity contribution in [1.29, 1.82) is 5.26 Å². The van der Waals surface area contributed by atoms with Gasteiger partial charge in [0.05, 0.1) is 28.4 Å². The van der Waals surface area contributed by atoms with Crippen LogP contribution in [0, 0.1) is 11.3 Å². The molecule has 0 aliphatic carbocycles. The number of nitrogens with zero attached hydrogens (tertiary/aromatic N) is 3. The van der Waals surface area contributed by atoms with E-state index in [2.05, 4.69) is 11.1 Å². The molecule has 2 aromatic carbocycles. The zero-order chi connectivity index (χ0) is 15.5. The van der Waals surface area contributed by atoms with Gasteiger partial charge >= 0.3 is 0 Å². The van der Waals surface area contributed by atoms with Crippen molar-refractivity contribution in [2.24, 2.45) is 0 Å². The summed E-state index contributed by atoms with van der Waals surface area (Å²) in [5.41, 5.74) is 1.14. The van der Waals surface area contributed by atoms with Gasteiger partial charge in [-0.05, 0) is 36.4 Å². The number of benzene rings is 2. The van der Waals surface area contributed by atoms with Crippen molar-refractivity contribution in [2.75, 3.05) is 5.75 Å². The van der Waals surface area contributed by atoms with Crippen LogP contribution in [0.3, 0.4) is 0 Å². The maximum atomic E-state index is 12.8. The van der Waals surface area contributed by atoms with Crippen molar-refractivity contribution in [3.05, 3.63) is 63.9 Å². The fourth-order valence-corrected chi connectivity index (χ4v) is 2.92. The van der Waals surface area contributed by atoms with Crippen LogP contribution in [-0.4, -0.2) is 15.3 Å². The summed E-state index contributed by atoms with van der Waals surface area (Å²) in [6.45, 7) is 0. The largest absolute Gasteiger partial charge is 0.268 e.